The van der Waals surface area contributed by atoms with Gasteiger partial charge in [0.1, 0.15) is 12.4 Å². The molecule has 1 atom stereocenters. The summed E-state index contributed by atoms with van der Waals surface area (Å²) in [4.78, 5) is 24.7. The standard InChI is InChI=1S/C24H25NO5/c1-5-12-24(28,15-23(2,3)19-8-6-7-9-20(19)29-4)22(27)25-17-10-11-18-16(13-17)14-30-21(18)26/h6-11,13,28H,14-15H2,1-4H3,(H,25,27). The zero-order valence-electron chi connectivity index (χ0n) is 17.5. The molecular weight excluding hydrogens is 382 g/mol. The topological polar surface area (TPSA) is 84.9 Å². The van der Waals surface area contributed by atoms with E-state index in [1.165, 1.54) is 0 Å². The lowest BCUT2D eigenvalue weighted by atomic mass is 9.74. The molecule has 1 amide bonds. The number of cyclic esters (lactones) is 1. The van der Waals surface area contributed by atoms with E-state index in [0.717, 1.165) is 5.56 Å². The molecule has 0 saturated heterocycles. The summed E-state index contributed by atoms with van der Waals surface area (Å²) in [5.74, 6) is 5.01. The fourth-order valence-corrected chi connectivity index (χ4v) is 3.77. The summed E-state index contributed by atoms with van der Waals surface area (Å²) in [6.07, 6.45) is 0.0551. The maximum Gasteiger partial charge on any atom is 0.338 e. The largest absolute Gasteiger partial charge is 0.496 e. The molecule has 2 N–H and O–H groups in total. The normalized spacial score (nSPS) is 14.6. The van der Waals surface area contributed by atoms with E-state index < -0.39 is 16.9 Å². The smallest absolute Gasteiger partial charge is 0.338 e. The Morgan fingerprint density at radius 1 is 1.27 bits per heavy atom. The summed E-state index contributed by atoms with van der Waals surface area (Å²) in [5, 5.41) is 14.0. The van der Waals surface area contributed by atoms with Crippen LogP contribution in [0.2, 0.25) is 0 Å². The molecule has 0 bridgehead atoms. The van der Waals surface area contributed by atoms with Gasteiger partial charge in [-0.1, -0.05) is 38.0 Å². The Morgan fingerprint density at radius 2 is 2.00 bits per heavy atom. The molecule has 156 valence electrons. The zero-order valence-corrected chi connectivity index (χ0v) is 17.5. The van der Waals surface area contributed by atoms with Crippen molar-refractivity contribution >= 4 is 17.6 Å². The Labute approximate surface area is 176 Å². The minimum absolute atomic E-state index is 0.0551. The van der Waals surface area contributed by atoms with Crippen molar-refractivity contribution in [3.63, 3.8) is 0 Å². The third kappa shape index (κ3) is 4.17. The number of para-hydroxylation sites is 1. The first kappa shape index (κ1) is 21.4. The van der Waals surface area contributed by atoms with Crippen molar-refractivity contribution in [1.29, 1.82) is 0 Å². The third-order valence-corrected chi connectivity index (χ3v) is 5.18. The average Bonchev–Trinajstić information content (AvgIpc) is 3.08. The van der Waals surface area contributed by atoms with Crippen LogP contribution < -0.4 is 10.1 Å². The maximum absolute atomic E-state index is 13.1. The fourth-order valence-electron chi connectivity index (χ4n) is 3.77. The SMILES string of the molecule is CC#CC(O)(CC(C)(C)c1ccccc1OC)C(=O)Nc1ccc2c(c1)COC2=O. The van der Waals surface area contributed by atoms with Gasteiger partial charge in [-0.25, -0.2) is 4.79 Å². The van der Waals surface area contributed by atoms with E-state index in [-0.39, 0.29) is 19.0 Å². The lowest BCUT2D eigenvalue weighted by Gasteiger charge is -2.33. The second-order valence-electron chi connectivity index (χ2n) is 7.90. The molecule has 2 aromatic carbocycles. The fraction of sp³-hybridized carbons (Fsp3) is 0.333. The summed E-state index contributed by atoms with van der Waals surface area (Å²) in [6.45, 7) is 5.60. The lowest BCUT2D eigenvalue weighted by molar-refractivity contribution is -0.130. The van der Waals surface area contributed by atoms with Crippen molar-refractivity contribution in [2.24, 2.45) is 0 Å². The number of benzene rings is 2. The van der Waals surface area contributed by atoms with Crippen LogP contribution in [0.1, 0.15) is 48.7 Å². The molecule has 1 unspecified atom stereocenters. The van der Waals surface area contributed by atoms with E-state index in [9.17, 15) is 14.7 Å². The number of nitrogens with one attached hydrogen (secondary N) is 1. The summed E-state index contributed by atoms with van der Waals surface area (Å²) < 4.78 is 10.4. The Hall–Kier alpha value is -3.30. The highest BCUT2D eigenvalue weighted by Gasteiger charge is 2.41. The maximum atomic E-state index is 13.1. The molecule has 0 aromatic heterocycles. The van der Waals surface area contributed by atoms with Crippen LogP contribution in [-0.2, 0) is 21.6 Å². The number of esters is 1. The van der Waals surface area contributed by atoms with Crippen molar-refractivity contribution < 1.29 is 24.2 Å². The number of anilines is 1. The molecule has 1 aliphatic heterocycles. The van der Waals surface area contributed by atoms with Crippen LogP contribution in [0.15, 0.2) is 42.5 Å². The van der Waals surface area contributed by atoms with E-state index in [2.05, 4.69) is 17.2 Å². The first-order valence-corrected chi connectivity index (χ1v) is 9.61. The molecule has 6 nitrogen and oxygen atoms in total. The van der Waals surface area contributed by atoms with Crippen LogP contribution in [0.3, 0.4) is 0 Å². The van der Waals surface area contributed by atoms with Crippen molar-refractivity contribution in [2.45, 2.75) is 44.8 Å². The Kier molecular flexibility index (Phi) is 5.86. The van der Waals surface area contributed by atoms with Gasteiger partial charge in [0.25, 0.3) is 5.91 Å². The molecule has 1 heterocycles. The van der Waals surface area contributed by atoms with Gasteiger partial charge in [-0.2, -0.15) is 0 Å². The number of hydrogen-bond donors (Lipinski definition) is 2. The van der Waals surface area contributed by atoms with Gasteiger partial charge in [-0.15, -0.1) is 5.92 Å². The summed E-state index contributed by atoms with van der Waals surface area (Å²) in [7, 11) is 1.59. The van der Waals surface area contributed by atoms with Gasteiger partial charge in [0.05, 0.1) is 12.7 Å². The van der Waals surface area contributed by atoms with E-state index in [1.54, 1.807) is 32.2 Å². The Bertz CT molecular complexity index is 1050. The highest BCUT2D eigenvalue weighted by Crippen LogP contribution is 2.38. The highest BCUT2D eigenvalue weighted by molar-refractivity contribution is 6.00. The number of hydrogen-bond acceptors (Lipinski definition) is 5. The first-order valence-electron chi connectivity index (χ1n) is 9.61. The molecule has 2 aromatic rings. The third-order valence-electron chi connectivity index (χ3n) is 5.18. The molecule has 3 rings (SSSR count). The van der Waals surface area contributed by atoms with E-state index in [1.807, 2.05) is 38.1 Å². The average molecular weight is 407 g/mol. The molecule has 0 saturated carbocycles. The molecule has 0 fully saturated rings. The highest BCUT2D eigenvalue weighted by atomic mass is 16.5. The van der Waals surface area contributed by atoms with Gasteiger partial charge >= 0.3 is 5.97 Å². The predicted molar refractivity (Wildman–Crippen MR) is 113 cm³/mol. The number of aliphatic hydroxyl groups is 1. The summed E-state index contributed by atoms with van der Waals surface area (Å²) in [6, 6.07) is 12.4. The number of ether oxygens (including phenoxy) is 2. The number of carbonyl (C=O) groups is 2. The minimum atomic E-state index is -1.93. The van der Waals surface area contributed by atoms with E-state index in [4.69, 9.17) is 9.47 Å². The number of amides is 1. The van der Waals surface area contributed by atoms with Crippen LogP contribution in [0.25, 0.3) is 0 Å². The lowest BCUT2D eigenvalue weighted by Crippen LogP contribution is -2.46. The second kappa shape index (κ2) is 8.21. The number of carbonyl (C=O) groups excluding carboxylic acids is 2. The molecule has 0 aliphatic carbocycles. The Balaban J connectivity index is 1.87. The summed E-state index contributed by atoms with van der Waals surface area (Å²) >= 11 is 0. The molecule has 30 heavy (non-hydrogen) atoms. The first-order chi connectivity index (χ1) is 14.2. The quantitative estimate of drug-likeness (QED) is 0.566. The van der Waals surface area contributed by atoms with Crippen LogP contribution in [0.5, 0.6) is 5.75 Å². The predicted octanol–water partition coefficient (Wildman–Crippen LogP) is 3.43. The monoisotopic (exact) mass is 407 g/mol. The summed E-state index contributed by atoms with van der Waals surface area (Å²) in [5.41, 5.74) is -0.0370. The minimum Gasteiger partial charge on any atom is -0.496 e. The van der Waals surface area contributed by atoms with Crippen LogP contribution in [0.4, 0.5) is 5.69 Å². The van der Waals surface area contributed by atoms with E-state index in [0.29, 0.717) is 22.6 Å². The molecule has 6 heteroatoms. The number of fused-ring (bicyclic) bond motifs is 1. The molecular formula is C24H25NO5. The second-order valence-corrected chi connectivity index (χ2v) is 7.90. The van der Waals surface area contributed by atoms with Crippen molar-refractivity contribution in [2.75, 3.05) is 12.4 Å². The van der Waals surface area contributed by atoms with Crippen LogP contribution in [-0.4, -0.2) is 29.7 Å². The van der Waals surface area contributed by atoms with Crippen molar-refractivity contribution in [3.05, 3.63) is 59.2 Å². The zero-order chi connectivity index (χ0) is 21.9. The number of rotatable bonds is 6. The van der Waals surface area contributed by atoms with Gasteiger partial charge in [0.2, 0.25) is 5.60 Å². The van der Waals surface area contributed by atoms with Gasteiger partial charge < -0.3 is 19.9 Å². The Morgan fingerprint density at radius 3 is 2.70 bits per heavy atom. The van der Waals surface area contributed by atoms with Crippen molar-refractivity contribution in [1.82, 2.24) is 0 Å². The van der Waals surface area contributed by atoms with Crippen molar-refractivity contribution in [3.8, 4) is 17.6 Å². The number of methoxy groups -OCH3 is 1. The van der Waals surface area contributed by atoms with Crippen LogP contribution >= 0.6 is 0 Å². The van der Waals surface area contributed by atoms with Gasteiger partial charge in [-0.05, 0) is 42.2 Å². The van der Waals surface area contributed by atoms with Gasteiger partial charge in [-0.3, -0.25) is 4.79 Å². The van der Waals surface area contributed by atoms with Gasteiger partial charge in [0, 0.05) is 17.7 Å². The molecule has 0 radical (unpaired) electrons. The molecule has 1 aliphatic rings. The van der Waals surface area contributed by atoms with E-state index >= 15 is 0 Å². The van der Waals surface area contributed by atoms with Crippen LogP contribution in [0, 0.1) is 11.8 Å². The molecule has 0 spiro atoms. The van der Waals surface area contributed by atoms with Gasteiger partial charge in [0.15, 0.2) is 0 Å².